The minimum absolute atomic E-state index is 0.306. The van der Waals surface area contributed by atoms with E-state index in [2.05, 4.69) is 0 Å². The first kappa shape index (κ1) is 24.2. The van der Waals surface area contributed by atoms with Crippen LogP contribution < -0.4 is 0 Å². The lowest BCUT2D eigenvalue weighted by Crippen LogP contribution is -2.57. The summed E-state index contributed by atoms with van der Waals surface area (Å²) in [5.41, 5.74) is 0.971. The first-order valence-corrected chi connectivity index (χ1v) is 11.4. The molecule has 1 aliphatic heterocycles. The maximum absolute atomic E-state index is 12.9. The van der Waals surface area contributed by atoms with Gasteiger partial charge in [0, 0.05) is 5.92 Å². The number of benzene rings is 3. The van der Waals surface area contributed by atoms with Crippen LogP contribution in [-0.2, 0) is 18.9 Å². The molecule has 0 bridgehead atoms. The molecule has 0 amide bonds. The zero-order valence-electron chi connectivity index (χ0n) is 19.4. The molecule has 0 saturated carbocycles. The number of hydrogen-bond donors (Lipinski definition) is 0. The van der Waals surface area contributed by atoms with Crippen molar-refractivity contribution in [3.63, 3.8) is 0 Å². The van der Waals surface area contributed by atoms with Gasteiger partial charge in [-0.2, -0.15) is 0 Å². The molecule has 1 fully saturated rings. The van der Waals surface area contributed by atoms with Crippen molar-refractivity contribution in [2.24, 2.45) is 5.92 Å². The van der Waals surface area contributed by atoms with Gasteiger partial charge in [-0.15, -0.1) is 0 Å². The fraction of sp³-hybridized carbons (Fsp3) is 0.250. The Hall–Kier alpha value is -3.97. The molecular formula is C28H26O7. The van der Waals surface area contributed by atoms with Crippen molar-refractivity contribution < 1.29 is 33.3 Å². The van der Waals surface area contributed by atoms with E-state index < -0.39 is 42.5 Å². The van der Waals surface area contributed by atoms with Gasteiger partial charge in [-0.05, 0) is 43.3 Å². The normalized spacial score (nSPS) is 23.7. The first-order chi connectivity index (χ1) is 16.9. The van der Waals surface area contributed by atoms with Gasteiger partial charge >= 0.3 is 17.9 Å². The van der Waals surface area contributed by atoms with Gasteiger partial charge in [0.05, 0.1) is 22.8 Å². The van der Waals surface area contributed by atoms with Crippen LogP contribution in [0.1, 0.15) is 44.9 Å². The van der Waals surface area contributed by atoms with Crippen LogP contribution in [0.25, 0.3) is 0 Å². The molecule has 7 heteroatoms. The van der Waals surface area contributed by atoms with Crippen LogP contribution in [0.2, 0.25) is 0 Å². The van der Waals surface area contributed by atoms with Gasteiger partial charge in [0.15, 0.2) is 6.10 Å². The molecule has 0 N–H and O–H groups in total. The van der Waals surface area contributed by atoms with Crippen LogP contribution in [0.5, 0.6) is 0 Å². The van der Waals surface area contributed by atoms with Gasteiger partial charge in [0.25, 0.3) is 0 Å². The molecule has 3 aromatic carbocycles. The van der Waals surface area contributed by atoms with Gasteiger partial charge in [0.1, 0.15) is 0 Å². The molecule has 0 radical (unpaired) electrons. The van der Waals surface area contributed by atoms with Gasteiger partial charge in [-0.25, -0.2) is 14.4 Å². The highest BCUT2D eigenvalue weighted by atomic mass is 16.7. The Balaban J connectivity index is 1.63. The largest absolute Gasteiger partial charge is 0.454 e. The maximum atomic E-state index is 12.9. The average Bonchev–Trinajstić information content (AvgIpc) is 2.90. The summed E-state index contributed by atoms with van der Waals surface area (Å²) in [6, 6.07) is 25.3. The first-order valence-electron chi connectivity index (χ1n) is 11.4. The Morgan fingerprint density at radius 1 is 0.571 bits per heavy atom. The summed E-state index contributed by atoms with van der Waals surface area (Å²) >= 11 is 0. The molecule has 180 valence electrons. The van der Waals surface area contributed by atoms with Crippen molar-refractivity contribution in [2.75, 3.05) is 0 Å². The number of rotatable bonds is 6. The van der Waals surface area contributed by atoms with Crippen molar-refractivity contribution in [3.8, 4) is 0 Å². The van der Waals surface area contributed by atoms with E-state index in [1.807, 2.05) is 6.92 Å². The molecule has 1 unspecified atom stereocenters. The number of hydrogen-bond acceptors (Lipinski definition) is 7. The summed E-state index contributed by atoms with van der Waals surface area (Å²) in [6.45, 7) is 3.61. The highest BCUT2D eigenvalue weighted by Crippen LogP contribution is 2.32. The third kappa shape index (κ3) is 5.75. The smallest absolute Gasteiger partial charge is 0.340 e. The number of carbonyl (C=O) groups excluding carboxylic acids is 3. The summed E-state index contributed by atoms with van der Waals surface area (Å²) in [7, 11) is 0. The monoisotopic (exact) mass is 474 g/mol. The molecule has 1 saturated heterocycles. The van der Waals surface area contributed by atoms with Gasteiger partial charge < -0.3 is 18.9 Å². The molecule has 7 nitrogen and oxygen atoms in total. The van der Waals surface area contributed by atoms with E-state index in [1.165, 1.54) is 0 Å². The molecule has 5 atom stereocenters. The van der Waals surface area contributed by atoms with Gasteiger partial charge in [-0.1, -0.05) is 61.5 Å². The van der Waals surface area contributed by atoms with Crippen molar-refractivity contribution in [2.45, 2.75) is 38.4 Å². The lowest BCUT2D eigenvalue weighted by molar-refractivity contribution is -0.259. The Bertz CT molecular complexity index is 1150. The van der Waals surface area contributed by atoms with Crippen LogP contribution in [0, 0.1) is 5.92 Å². The van der Waals surface area contributed by atoms with E-state index in [1.54, 1.807) is 97.9 Å². The molecule has 1 heterocycles. The van der Waals surface area contributed by atoms with Crippen molar-refractivity contribution in [1.29, 1.82) is 0 Å². The molecule has 0 spiro atoms. The quantitative estimate of drug-likeness (QED) is 0.379. The van der Waals surface area contributed by atoms with E-state index >= 15 is 0 Å². The molecule has 1 aliphatic rings. The van der Waals surface area contributed by atoms with Crippen molar-refractivity contribution >= 4 is 17.9 Å². The zero-order chi connectivity index (χ0) is 24.8. The standard InChI is InChI=1S/C28H26O7/c1-18-19(2)32-28(35-27(31)22-16-10-5-11-17-22)24(34-26(30)21-14-8-4-9-15-21)23(18)33-25(29)20-12-6-3-7-13-20/h3-19,23-24,28H,1-2H3/t18-,19+,23-,24+,28?/m1/s1. The minimum atomic E-state index is -1.28. The molecule has 35 heavy (non-hydrogen) atoms. The molecule has 3 aromatic rings. The lowest BCUT2D eigenvalue weighted by Gasteiger charge is -2.42. The number of ether oxygens (including phenoxy) is 4. The summed E-state index contributed by atoms with van der Waals surface area (Å²) in [5.74, 6) is -2.23. The topological polar surface area (TPSA) is 88.1 Å². The molecule has 0 aliphatic carbocycles. The Morgan fingerprint density at radius 3 is 1.37 bits per heavy atom. The Morgan fingerprint density at radius 2 is 0.943 bits per heavy atom. The Labute approximate surface area is 203 Å². The highest BCUT2D eigenvalue weighted by Gasteiger charge is 2.49. The third-order valence-electron chi connectivity index (χ3n) is 5.94. The second-order valence-corrected chi connectivity index (χ2v) is 8.31. The van der Waals surface area contributed by atoms with Gasteiger partial charge in [0.2, 0.25) is 12.4 Å². The van der Waals surface area contributed by atoms with Crippen LogP contribution >= 0.6 is 0 Å². The minimum Gasteiger partial charge on any atom is -0.454 e. The van der Waals surface area contributed by atoms with Crippen molar-refractivity contribution in [1.82, 2.24) is 0 Å². The van der Waals surface area contributed by atoms with Crippen LogP contribution in [0.4, 0.5) is 0 Å². The SMILES string of the molecule is C[C@H]1[C@@H](OC(=O)c2ccccc2)[C@H](OC(=O)c2ccccc2)C(OC(=O)c2ccccc2)O[C@H]1C. The molecular weight excluding hydrogens is 448 g/mol. The second-order valence-electron chi connectivity index (χ2n) is 8.31. The van der Waals surface area contributed by atoms with E-state index in [0.29, 0.717) is 16.7 Å². The van der Waals surface area contributed by atoms with E-state index in [-0.39, 0.29) is 5.92 Å². The summed E-state index contributed by atoms with van der Waals surface area (Å²) < 4.78 is 23.2. The van der Waals surface area contributed by atoms with Crippen LogP contribution in [0.3, 0.4) is 0 Å². The fourth-order valence-electron chi connectivity index (χ4n) is 3.81. The number of esters is 3. The van der Waals surface area contributed by atoms with Gasteiger partial charge in [-0.3, -0.25) is 0 Å². The van der Waals surface area contributed by atoms with Crippen LogP contribution in [0.15, 0.2) is 91.0 Å². The maximum Gasteiger partial charge on any atom is 0.340 e. The van der Waals surface area contributed by atoms with Crippen molar-refractivity contribution in [3.05, 3.63) is 108 Å². The van der Waals surface area contributed by atoms with E-state index in [0.717, 1.165) is 0 Å². The fourth-order valence-corrected chi connectivity index (χ4v) is 3.81. The van der Waals surface area contributed by atoms with E-state index in [9.17, 15) is 14.4 Å². The highest BCUT2D eigenvalue weighted by molar-refractivity contribution is 5.91. The molecule has 0 aromatic heterocycles. The second kappa shape index (κ2) is 11.0. The third-order valence-corrected chi connectivity index (χ3v) is 5.94. The Kier molecular flexibility index (Phi) is 7.57. The average molecular weight is 475 g/mol. The lowest BCUT2D eigenvalue weighted by atomic mass is 9.91. The summed E-state index contributed by atoms with van der Waals surface area (Å²) in [5, 5.41) is 0. The zero-order valence-corrected chi connectivity index (χ0v) is 19.4. The van der Waals surface area contributed by atoms with Crippen LogP contribution in [-0.4, -0.2) is 42.5 Å². The summed E-state index contributed by atoms with van der Waals surface area (Å²) in [4.78, 5) is 38.7. The number of carbonyl (C=O) groups is 3. The predicted octanol–water partition coefficient (Wildman–Crippen LogP) is 4.68. The molecule has 4 rings (SSSR count). The summed E-state index contributed by atoms with van der Waals surface area (Å²) in [6.07, 6.45) is -3.85. The predicted molar refractivity (Wildman–Crippen MR) is 127 cm³/mol. The van der Waals surface area contributed by atoms with E-state index in [4.69, 9.17) is 18.9 Å².